The molecule has 0 aromatic carbocycles. The topological polar surface area (TPSA) is 146 Å². The normalized spacial score (nSPS) is 32.7. The van der Waals surface area contributed by atoms with Gasteiger partial charge in [0.1, 0.15) is 24.9 Å². The van der Waals surface area contributed by atoms with Crippen molar-refractivity contribution in [3.8, 4) is 0 Å². The fourth-order valence-corrected chi connectivity index (χ4v) is 3.23. The molecule has 5 atom stereocenters. The van der Waals surface area contributed by atoms with E-state index in [1.165, 1.54) is 6.92 Å². The highest BCUT2D eigenvalue weighted by Crippen LogP contribution is 2.40. The van der Waals surface area contributed by atoms with Crippen molar-refractivity contribution < 1.29 is 36.3 Å². The largest absolute Gasteiger partial charge is 0.463 e. The molecule has 0 aromatic rings. The van der Waals surface area contributed by atoms with Gasteiger partial charge in [0.2, 0.25) is 0 Å². The van der Waals surface area contributed by atoms with Gasteiger partial charge >= 0.3 is 5.97 Å². The molecule has 2 aliphatic heterocycles. The molecule has 12 heteroatoms. The van der Waals surface area contributed by atoms with E-state index in [0.29, 0.717) is 0 Å². The summed E-state index contributed by atoms with van der Waals surface area (Å²) in [4.78, 5) is 13.8. The lowest BCUT2D eigenvalue weighted by molar-refractivity contribution is -0.216. The van der Waals surface area contributed by atoms with E-state index in [1.807, 2.05) is 0 Å². The number of azide groups is 1. The highest BCUT2D eigenvalue weighted by molar-refractivity contribution is 7.86. The molecule has 24 heavy (non-hydrogen) atoms. The standard InChI is InChI=1S/C12H19N3O8S/c1-6(16)19-5-7(23-24(4,17)18)9-8(14-15-13)10-11(20-9)22-12(2,3)21-10/h7-11H,5H2,1-4H3/t7-,8+,9-,10-,11-/m1/s1. The molecule has 2 aliphatic rings. The fourth-order valence-electron chi connectivity index (χ4n) is 2.62. The second-order valence-electron chi connectivity index (χ2n) is 5.91. The minimum absolute atomic E-state index is 0.395. The molecule has 0 spiro atoms. The molecule has 0 aliphatic carbocycles. The van der Waals surface area contributed by atoms with Crippen molar-refractivity contribution in [2.24, 2.45) is 5.11 Å². The van der Waals surface area contributed by atoms with Gasteiger partial charge in [-0.1, -0.05) is 5.11 Å². The maximum atomic E-state index is 11.5. The predicted molar refractivity (Wildman–Crippen MR) is 78.0 cm³/mol. The average Bonchev–Trinajstić information content (AvgIpc) is 2.87. The zero-order valence-electron chi connectivity index (χ0n) is 13.6. The first kappa shape index (κ1) is 18.9. The second kappa shape index (κ2) is 6.82. The first-order valence-corrected chi connectivity index (χ1v) is 8.91. The molecule has 2 saturated heterocycles. The van der Waals surface area contributed by atoms with Gasteiger partial charge in [0.05, 0.1) is 12.3 Å². The first-order valence-electron chi connectivity index (χ1n) is 7.09. The summed E-state index contributed by atoms with van der Waals surface area (Å²) in [5.41, 5.74) is 8.79. The van der Waals surface area contributed by atoms with Crippen molar-refractivity contribution in [1.29, 1.82) is 0 Å². The molecule has 0 radical (unpaired) electrons. The van der Waals surface area contributed by atoms with Gasteiger partial charge in [-0.2, -0.15) is 8.42 Å². The Kier molecular flexibility index (Phi) is 5.37. The Morgan fingerprint density at radius 2 is 2.08 bits per heavy atom. The summed E-state index contributed by atoms with van der Waals surface area (Å²) in [7, 11) is -3.88. The lowest BCUT2D eigenvalue weighted by Gasteiger charge is -2.27. The monoisotopic (exact) mass is 365 g/mol. The third kappa shape index (κ3) is 4.56. The van der Waals surface area contributed by atoms with Crippen LogP contribution in [0.5, 0.6) is 0 Å². The lowest BCUT2D eigenvalue weighted by Crippen LogP contribution is -2.44. The van der Waals surface area contributed by atoms with Gasteiger partial charge in [-0.15, -0.1) is 0 Å². The minimum atomic E-state index is -3.88. The van der Waals surface area contributed by atoms with E-state index in [0.717, 1.165) is 6.26 Å². The quantitative estimate of drug-likeness (QED) is 0.217. The van der Waals surface area contributed by atoms with Crippen LogP contribution >= 0.6 is 0 Å². The van der Waals surface area contributed by atoms with Crippen LogP contribution in [0.15, 0.2) is 5.11 Å². The zero-order valence-corrected chi connectivity index (χ0v) is 14.4. The van der Waals surface area contributed by atoms with Crippen LogP contribution in [0.3, 0.4) is 0 Å². The van der Waals surface area contributed by atoms with E-state index < -0.39 is 59.1 Å². The Hall–Kier alpha value is -1.43. The van der Waals surface area contributed by atoms with Gasteiger partial charge in [0, 0.05) is 11.8 Å². The van der Waals surface area contributed by atoms with Crippen LogP contribution in [-0.2, 0) is 38.0 Å². The predicted octanol–water partition coefficient (Wildman–Crippen LogP) is 0.450. The Labute approximate surface area is 138 Å². The molecule has 0 amide bonds. The molecule has 0 aromatic heterocycles. The van der Waals surface area contributed by atoms with Crippen molar-refractivity contribution in [2.75, 3.05) is 12.9 Å². The number of hydrogen-bond donors (Lipinski definition) is 0. The highest BCUT2D eigenvalue weighted by Gasteiger charge is 2.57. The van der Waals surface area contributed by atoms with Crippen molar-refractivity contribution in [3.63, 3.8) is 0 Å². The van der Waals surface area contributed by atoms with Gasteiger partial charge in [-0.3, -0.25) is 8.98 Å². The second-order valence-corrected chi connectivity index (χ2v) is 7.51. The molecule has 2 fully saturated rings. The van der Waals surface area contributed by atoms with Crippen LogP contribution in [0.4, 0.5) is 0 Å². The zero-order chi connectivity index (χ0) is 18.1. The number of ether oxygens (including phenoxy) is 4. The van der Waals surface area contributed by atoms with Crippen LogP contribution in [0, 0.1) is 0 Å². The third-order valence-electron chi connectivity index (χ3n) is 3.35. The number of nitrogens with zero attached hydrogens (tertiary/aromatic N) is 3. The van der Waals surface area contributed by atoms with E-state index in [1.54, 1.807) is 13.8 Å². The SMILES string of the molecule is CC(=O)OC[C@@H](OS(C)(=O)=O)[C@H]1O[C@@H]2OC(C)(C)O[C@@H]2[C@H]1N=[N+]=[N-]. The van der Waals surface area contributed by atoms with Gasteiger partial charge in [-0.25, -0.2) is 0 Å². The molecule has 136 valence electrons. The number of hydrogen-bond acceptors (Lipinski definition) is 9. The number of carbonyl (C=O) groups excluding carboxylic acids is 1. The summed E-state index contributed by atoms with van der Waals surface area (Å²) in [6, 6.07) is -0.913. The van der Waals surface area contributed by atoms with Crippen LogP contribution in [0.1, 0.15) is 20.8 Å². The molecule has 2 rings (SSSR count). The van der Waals surface area contributed by atoms with Crippen LogP contribution in [0.2, 0.25) is 0 Å². The van der Waals surface area contributed by atoms with Crippen LogP contribution in [-0.4, -0.2) is 63.7 Å². The van der Waals surface area contributed by atoms with Crippen LogP contribution < -0.4 is 0 Å². The van der Waals surface area contributed by atoms with Gasteiger partial charge in [0.15, 0.2) is 12.1 Å². The molecule has 11 nitrogen and oxygen atoms in total. The molecule has 0 saturated carbocycles. The summed E-state index contributed by atoms with van der Waals surface area (Å²) in [5.74, 6) is -1.56. The van der Waals surface area contributed by atoms with Gasteiger partial charge in [0.25, 0.3) is 10.1 Å². The van der Waals surface area contributed by atoms with E-state index >= 15 is 0 Å². The minimum Gasteiger partial charge on any atom is -0.463 e. The molecular weight excluding hydrogens is 346 g/mol. The van der Waals surface area contributed by atoms with E-state index in [9.17, 15) is 13.2 Å². The molecular formula is C12H19N3O8S. The smallest absolute Gasteiger partial charge is 0.302 e. The third-order valence-corrected chi connectivity index (χ3v) is 3.95. The Morgan fingerprint density at radius 1 is 1.42 bits per heavy atom. The molecule has 0 bridgehead atoms. The number of fused-ring (bicyclic) bond motifs is 1. The average molecular weight is 365 g/mol. The summed E-state index contributed by atoms with van der Waals surface area (Å²) >= 11 is 0. The summed E-state index contributed by atoms with van der Waals surface area (Å²) in [6.07, 6.45) is -2.98. The van der Waals surface area contributed by atoms with Crippen molar-refractivity contribution in [3.05, 3.63) is 10.4 Å². The fraction of sp³-hybridized carbons (Fsp3) is 0.917. The first-order chi connectivity index (χ1) is 11.0. The number of esters is 1. The van der Waals surface area contributed by atoms with Crippen molar-refractivity contribution in [1.82, 2.24) is 0 Å². The Morgan fingerprint density at radius 3 is 2.62 bits per heavy atom. The van der Waals surface area contributed by atoms with Crippen LogP contribution in [0.25, 0.3) is 10.4 Å². The van der Waals surface area contributed by atoms with E-state index in [2.05, 4.69) is 10.0 Å². The molecule has 2 heterocycles. The van der Waals surface area contributed by atoms with Crippen molar-refractivity contribution in [2.45, 2.75) is 57.2 Å². The molecule has 0 unspecified atom stereocenters. The van der Waals surface area contributed by atoms with Gasteiger partial charge < -0.3 is 18.9 Å². The van der Waals surface area contributed by atoms with E-state index in [4.69, 9.17) is 28.7 Å². The highest BCUT2D eigenvalue weighted by atomic mass is 32.2. The summed E-state index contributed by atoms with van der Waals surface area (Å²) in [6.45, 7) is 4.11. The maximum absolute atomic E-state index is 11.5. The summed E-state index contributed by atoms with van der Waals surface area (Å²) < 4.78 is 49.5. The number of carbonyl (C=O) groups is 1. The van der Waals surface area contributed by atoms with E-state index in [-0.39, 0.29) is 0 Å². The maximum Gasteiger partial charge on any atom is 0.302 e. The molecule has 0 N–H and O–H groups in total. The Bertz CT molecular complexity index is 645. The van der Waals surface area contributed by atoms with Crippen molar-refractivity contribution >= 4 is 16.1 Å². The number of rotatable bonds is 6. The Balaban J connectivity index is 2.24. The lowest BCUT2D eigenvalue weighted by atomic mass is 10.0. The summed E-state index contributed by atoms with van der Waals surface area (Å²) in [5, 5.41) is 3.63. The van der Waals surface area contributed by atoms with Gasteiger partial charge in [-0.05, 0) is 19.4 Å².